The predicted molar refractivity (Wildman–Crippen MR) is 191 cm³/mol. The molecule has 0 atom stereocenters. The van der Waals surface area contributed by atoms with Crippen LogP contribution in [0.25, 0.3) is 33.3 Å². The second kappa shape index (κ2) is 15.2. The molecule has 47 heavy (non-hydrogen) atoms. The van der Waals surface area contributed by atoms with Crippen molar-refractivity contribution in [1.29, 1.82) is 0 Å². The van der Waals surface area contributed by atoms with Crippen molar-refractivity contribution >= 4 is 10.8 Å². The van der Waals surface area contributed by atoms with Gasteiger partial charge in [-0.1, -0.05) is 62.4 Å². The van der Waals surface area contributed by atoms with E-state index in [0.29, 0.717) is 25.7 Å². The molecule has 241 valence electrons. The van der Waals surface area contributed by atoms with Crippen LogP contribution in [-0.2, 0) is 20.1 Å². The van der Waals surface area contributed by atoms with Gasteiger partial charge in [0, 0.05) is 40.8 Å². The molecule has 1 aliphatic carbocycles. The SMILES string of the molecule is Cc1ccnc(-c2ccccc2O)c1.[2H]C1(c2ccccc2)CCC([2H])(c2c(C)cc3c(-c4[c-]c(C)cc(C)c4)nccc3c2C)CC1.[Ir]. The largest absolute Gasteiger partial charge is 0.507 e. The molecule has 0 unspecified atom stereocenters. The number of aromatic hydroxyl groups is 1. The second-order valence-electron chi connectivity index (χ2n) is 12.5. The van der Waals surface area contributed by atoms with Crippen LogP contribution in [0.2, 0.25) is 0 Å². The Hall–Kier alpha value is -4.11. The summed E-state index contributed by atoms with van der Waals surface area (Å²) in [5, 5.41) is 11.9. The smallest absolute Gasteiger partial charge is 0.124 e. The Kier molecular flexibility index (Phi) is 10.2. The Balaban J connectivity index is 0.000000262. The molecule has 0 aliphatic heterocycles. The molecule has 4 heteroatoms. The summed E-state index contributed by atoms with van der Waals surface area (Å²) in [4.78, 5) is 8.96. The minimum Gasteiger partial charge on any atom is -0.507 e. The van der Waals surface area contributed by atoms with Gasteiger partial charge in [-0.3, -0.25) is 4.98 Å². The number of aryl methyl sites for hydroxylation is 5. The predicted octanol–water partition coefficient (Wildman–Crippen LogP) is 11.1. The van der Waals surface area contributed by atoms with Gasteiger partial charge in [-0.25, -0.2) is 0 Å². The standard InChI is InChI=1S/C31H32N.C12H11NO.Ir/c1-20-16-21(2)18-27(17-20)31-29-19-22(3)30(23(4)28(29)14-15-32-31)26-12-10-25(11-13-26)24-8-6-5-7-9-24;1-9-6-7-13-11(8-9)10-4-2-3-5-12(10)14;/h5-9,14-17,19,25-26H,10-13H2,1-4H3;2-8,14H,1H3;/q-1;;/i25D,26D;;. The zero-order valence-corrected chi connectivity index (χ0v) is 30.2. The third-order valence-electron chi connectivity index (χ3n) is 9.02. The van der Waals surface area contributed by atoms with Gasteiger partial charge in [-0.15, -0.1) is 34.9 Å². The van der Waals surface area contributed by atoms with Gasteiger partial charge < -0.3 is 10.1 Å². The fraction of sp³-hybridized carbons (Fsp3) is 0.256. The van der Waals surface area contributed by atoms with Crippen molar-refractivity contribution in [2.75, 3.05) is 0 Å². The molecule has 1 N–H and O–H groups in total. The Morgan fingerprint density at radius 1 is 0.702 bits per heavy atom. The van der Waals surface area contributed by atoms with E-state index in [9.17, 15) is 6.48 Å². The van der Waals surface area contributed by atoms with Crippen molar-refractivity contribution < 1.29 is 28.0 Å². The van der Waals surface area contributed by atoms with Crippen LogP contribution in [0.5, 0.6) is 5.75 Å². The minimum atomic E-state index is -0.669. The topological polar surface area (TPSA) is 46.0 Å². The Morgan fingerprint density at radius 3 is 2.09 bits per heavy atom. The quantitative estimate of drug-likeness (QED) is 0.181. The maximum absolute atomic E-state index is 9.61. The van der Waals surface area contributed by atoms with Crippen molar-refractivity contribution in [3.8, 4) is 28.3 Å². The number of benzene rings is 4. The second-order valence-corrected chi connectivity index (χ2v) is 12.5. The van der Waals surface area contributed by atoms with Gasteiger partial charge in [0.05, 0.1) is 5.69 Å². The van der Waals surface area contributed by atoms with Crippen LogP contribution in [0.15, 0.2) is 103 Å². The first-order valence-corrected chi connectivity index (χ1v) is 16.1. The fourth-order valence-electron chi connectivity index (χ4n) is 6.89. The molecule has 6 aromatic rings. The average molecular weight is 798 g/mol. The number of phenolic OH excluding ortho intramolecular Hbond substituents is 1. The molecular weight excluding hydrogens is 753 g/mol. The van der Waals surface area contributed by atoms with E-state index in [2.05, 4.69) is 75.1 Å². The van der Waals surface area contributed by atoms with Crippen LogP contribution in [-0.4, -0.2) is 15.1 Å². The molecule has 0 bridgehead atoms. The first-order chi connectivity index (χ1) is 23.0. The maximum atomic E-state index is 9.61. The van der Waals surface area contributed by atoms with Crippen molar-refractivity contribution in [1.82, 2.24) is 9.97 Å². The van der Waals surface area contributed by atoms with Gasteiger partial charge >= 0.3 is 0 Å². The summed E-state index contributed by atoms with van der Waals surface area (Å²) in [5.41, 5.74) is 11.6. The van der Waals surface area contributed by atoms with Crippen molar-refractivity contribution in [2.24, 2.45) is 0 Å². The molecule has 2 aromatic heterocycles. The summed E-state index contributed by atoms with van der Waals surface area (Å²) < 4.78 is 18.6. The summed E-state index contributed by atoms with van der Waals surface area (Å²) in [5.74, 6) is -0.997. The number of phenols is 1. The minimum absolute atomic E-state index is 0. The number of pyridine rings is 2. The number of nitrogens with zero attached hydrogens (tertiary/aromatic N) is 2. The van der Waals surface area contributed by atoms with Gasteiger partial charge in [0.15, 0.2) is 0 Å². The summed E-state index contributed by atoms with van der Waals surface area (Å²) >= 11 is 0. The van der Waals surface area contributed by atoms with Crippen molar-refractivity contribution in [3.05, 3.63) is 148 Å². The van der Waals surface area contributed by atoms with Crippen LogP contribution in [0.4, 0.5) is 0 Å². The van der Waals surface area contributed by atoms with E-state index < -0.39 is 11.8 Å². The summed E-state index contributed by atoms with van der Waals surface area (Å²) in [7, 11) is 0. The van der Waals surface area contributed by atoms with Gasteiger partial charge in [-0.2, -0.15) is 0 Å². The summed E-state index contributed by atoms with van der Waals surface area (Å²) in [6.07, 6.45) is 6.43. The Labute approximate surface area is 296 Å². The summed E-state index contributed by atoms with van der Waals surface area (Å²) in [6, 6.07) is 33.4. The zero-order valence-electron chi connectivity index (χ0n) is 29.8. The van der Waals surface area contributed by atoms with Crippen LogP contribution in [0.1, 0.15) is 79.2 Å². The number of para-hydroxylation sites is 1. The Morgan fingerprint density at radius 2 is 1.38 bits per heavy atom. The number of fused-ring (bicyclic) bond motifs is 1. The van der Waals surface area contributed by atoms with Crippen LogP contribution in [0, 0.1) is 40.7 Å². The molecule has 2 heterocycles. The van der Waals surface area contributed by atoms with Crippen LogP contribution >= 0.6 is 0 Å². The molecule has 1 fully saturated rings. The first kappa shape index (κ1) is 31.5. The molecule has 7 rings (SSSR count). The van der Waals surface area contributed by atoms with E-state index in [1.807, 2.05) is 55.6 Å². The van der Waals surface area contributed by atoms with E-state index in [1.165, 1.54) is 11.1 Å². The van der Waals surface area contributed by atoms with E-state index >= 15 is 0 Å². The molecule has 1 aliphatic rings. The van der Waals surface area contributed by atoms with Crippen molar-refractivity contribution in [2.45, 2.75) is 72.1 Å². The van der Waals surface area contributed by atoms with Crippen molar-refractivity contribution in [3.63, 3.8) is 0 Å². The van der Waals surface area contributed by atoms with E-state index in [-0.39, 0.29) is 25.9 Å². The molecule has 1 saturated carbocycles. The number of hydrogen-bond acceptors (Lipinski definition) is 3. The van der Waals surface area contributed by atoms with Gasteiger partial charge in [0.2, 0.25) is 0 Å². The van der Waals surface area contributed by atoms with Crippen LogP contribution in [0.3, 0.4) is 0 Å². The summed E-state index contributed by atoms with van der Waals surface area (Å²) in [6.45, 7) is 10.5. The molecule has 3 nitrogen and oxygen atoms in total. The third-order valence-corrected chi connectivity index (χ3v) is 9.02. The van der Waals surface area contributed by atoms with E-state index in [1.54, 1.807) is 18.3 Å². The first-order valence-electron chi connectivity index (χ1n) is 17.1. The molecule has 0 amide bonds. The normalized spacial score (nSPS) is 19.5. The maximum Gasteiger partial charge on any atom is 0.124 e. The number of hydrogen-bond donors (Lipinski definition) is 1. The molecule has 0 saturated heterocycles. The monoisotopic (exact) mass is 798 g/mol. The average Bonchev–Trinajstić information content (AvgIpc) is 3.07. The van der Waals surface area contributed by atoms with E-state index in [0.717, 1.165) is 61.1 Å². The van der Waals surface area contributed by atoms with Gasteiger partial charge in [0.25, 0.3) is 0 Å². The Bertz CT molecular complexity index is 2070. The third kappa shape index (κ3) is 7.72. The molecule has 1 radical (unpaired) electrons. The molecule has 0 spiro atoms. The molecular formula is C43H43IrN2O-. The molecule has 4 aromatic carbocycles. The zero-order chi connectivity index (χ0) is 34.1. The fourth-order valence-corrected chi connectivity index (χ4v) is 6.89. The van der Waals surface area contributed by atoms with Gasteiger partial charge in [-0.05, 0) is 133 Å². The number of rotatable bonds is 4. The van der Waals surface area contributed by atoms with Crippen LogP contribution < -0.4 is 0 Å². The number of aromatic nitrogens is 2. The van der Waals surface area contributed by atoms with Gasteiger partial charge in [0.1, 0.15) is 5.75 Å². The van der Waals surface area contributed by atoms with E-state index in [4.69, 9.17) is 6.35 Å².